The predicted octanol–water partition coefficient (Wildman–Crippen LogP) is 4.09. The van der Waals surface area contributed by atoms with Gasteiger partial charge in [-0.1, -0.05) is 29.8 Å². The van der Waals surface area contributed by atoms with Gasteiger partial charge in [0.2, 0.25) is 5.91 Å². The highest BCUT2D eigenvalue weighted by atomic mass is 32.2. The molecule has 0 fully saturated rings. The second kappa shape index (κ2) is 11.0. The topological polar surface area (TPSA) is 75.7 Å². The molecule has 0 aromatic heterocycles. The van der Waals surface area contributed by atoms with Crippen LogP contribution in [0.25, 0.3) is 0 Å². The van der Waals surface area contributed by atoms with Gasteiger partial charge in [0.25, 0.3) is 10.0 Å². The van der Waals surface area contributed by atoms with Crippen molar-refractivity contribution in [1.82, 2.24) is 5.32 Å². The number of nitrogens with zero attached hydrogens (tertiary/aromatic N) is 1. The Morgan fingerprint density at radius 3 is 2.39 bits per heavy atom. The third-order valence-corrected chi connectivity index (χ3v) is 6.90. The van der Waals surface area contributed by atoms with Crippen molar-refractivity contribution in [2.45, 2.75) is 24.7 Å². The van der Waals surface area contributed by atoms with Crippen molar-refractivity contribution in [1.29, 1.82) is 0 Å². The lowest BCUT2D eigenvalue weighted by molar-refractivity contribution is -0.119. The van der Waals surface area contributed by atoms with Gasteiger partial charge in [-0.05, 0) is 73.9 Å². The molecule has 0 aliphatic rings. The third-order valence-electron chi connectivity index (χ3n) is 5.11. The Labute approximate surface area is 194 Å². The van der Waals surface area contributed by atoms with E-state index in [4.69, 9.17) is 4.74 Å². The number of anilines is 1. The fourth-order valence-electron chi connectivity index (χ4n) is 3.29. The summed E-state index contributed by atoms with van der Waals surface area (Å²) in [5, 5.41) is 2.78. The zero-order valence-corrected chi connectivity index (χ0v) is 19.4. The van der Waals surface area contributed by atoms with Crippen LogP contribution in [-0.2, 0) is 21.2 Å². The zero-order chi connectivity index (χ0) is 23.8. The number of amides is 1. The minimum Gasteiger partial charge on any atom is -0.497 e. The molecule has 0 saturated heterocycles. The van der Waals surface area contributed by atoms with Crippen molar-refractivity contribution in [3.05, 3.63) is 89.7 Å². The quantitative estimate of drug-likeness (QED) is 0.453. The number of rotatable bonds is 10. The number of halogens is 1. The van der Waals surface area contributed by atoms with Gasteiger partial charge in [-0.2, -0.15) is 0 Å². The first-order chi connectivity index (χ1) is 15.8. The van der Waals surface area contributed by atoms with Gasteiger partial charge >= 0.3 is 0 Å². The van der Waals surface area contributed by atoms with Crippen LogP contribution in [0.4, 0.5) is 10.1 Å². The minimum absolute atomic E-state index is 0.0586. The van der Waals surface area contributed by atoms with E-state index in [1.807, 2.05) is 31.2 Å². The molecule has 0 radical (unpaired) electrons. The van der Waals surface area contributed by atoms with Crippen LogP contribution in [0, 0.1) is 12.7 Å². The van der Waals surface area contributed by atoms with Gasteiger partial charge in [-0.15, -0.1) is 0 Å². The molecule has 174 valence electrons. The number of hydrogen-bond acceptors (Lipinski definition) is 4. The Hall–Kier alpha value is -3.39. The number of hydrogen-bond donors (Lipinski definition) is 1. The fraction of sp³-hybridized carbons (Fsp3) is 0.240. The van der Waals surface area contributed by atoms with Crippen molar-refractivity contribution in [3.63, 3.8) is 0 Å². The smallest absolute Gasteiger partial charge is 0.264 e. The van der Waals surface area contributed by atoms with E-state index in [0.29, 0.717) is 13.0 Å². The fourth-order valence-corrected chi connectivity index (χ4v) is 4.72. The highest BCUT2D eigenvalue weighted by Gasteiger charge is 2.27. The van der Waals surface area contributed by atoms with Crippen LogP contribution in [0.3, 0.4) is 0 Å². The molecule has 0 heterocycles. The molecule has 0 atom stereocenters. The summed E-state index contributed by atoms with van der Waals surface area (Å²) in [7, 11) is -2.42. The minimum atomic E-state index is -4.02. The summed E-state index contributed by atoms with van der Waals surface area (Å²) in [6, 6.07) is 19.1. The third kappa shape index (κ3) is 6.55. The highest BCUT2D eigenvalue weighted by molar-refractivity contribution is 7.92. The molecule has 0 unspecified atom stereocenters. The highest BCUT2D eigenvalue weighted by Crippen LogP contribution is 2.24. The largest absolute Gasteiger partial charge is 0.497 e. The summed E-state index contributed by atoms with van der Waals surface area (Å²) >= 11 is 0. The van der Waals surface area contributed by atoms with Crippen molar-refractivity contribution < 1.29 is 22.3 Å². The Bertz CT molecular complexity index is 1180. The molecule has 33 heavy (non-hydrogen) atoms. The Balaban J connectivity index is 1.68. The zero-order valence-electron chi connectivity index (χ0n) is 18.6. The van der Waals surface area contributed by atoms with E-state index in [1.165, 1.54) is 36.4 Å². The molecule has 0 spiro atoms. The van der Waals surface area contributed by atoms with E-state index in [-0.39, 0.29) is 10.6 Å². The van der Waals surface area contributed by atoms with Crippen molar-refractivity contribution in [2.24, 2.45) is 0 Å². The van der Waals surface area contributed by atoms with Gasteiger partial charge < -0.3 is 10.1 Å². The summed E-state index contributed by atoms with van der Waals surface area (Å²) in [5.74, 6) is -0.165. The van der Waals surface area contributed by atoms with Crippen molar-refractivity contribution >= 4 is 21.6 Å². The number of aryl methyl sites for hydroxylation is 2. The number of methoxy groups -OCH3 is 1. The van der Waals surface area contributed by atoms with Crippen LogP contribution >= 0.6 is 0 Å². The first-order valence-corrected chi connectivity index (χ1v) is 12.0. The first kappa shape index (κ1) is 24.3. The van der Waals surface area contributed by atoms with Crippen molar-refractivity contribution in [3.8, 4) is 5.75 Å². The number of carbonyl (C=O) groups excluding carboxylic acids is 1. The molecule has 8 heteroatoms. The Morgan fingerprint density at radius 2 is 1.73 bits per heavy atom. The molecule has 0 saturated carbocycles. The monoisotopic (exact) mass is 470 g/mol. The first-order valence-electron chi connectivity index (χ1n) is 10.5. The molecule has 6 nitrogen and oxygen atoms in total. The Morgan fingerprint density at radius 1 is 1.03 bits per heavy atom. The van der Waals surface area contributed by atoms with E-state index in [2.05, 4.69) is 5.32 Å². The van der Waals surface area contributed by atoms with E-state index in [1.54, 1.807) is 19.2 Å². The van der Waals surface area contributed by atoms with Gasteiger partial charge in [-0.3, -0.25) is 9.10 Å². The second-order valence-electron chi connectivity index (χ2n) is 7.61. The van der Waals surface area contributed by atoms with Crippen LogP contribution in [0.2, 0.25) is 0 Å². The average Bonchev–Trinajstić information content (AvgIpc) is 2.81. The van der Waals surface area contributed by atoms with Gasteiger partial charge in [0.1, 0.15) is 18.1 Å². The lowest BCUT2D eigenvalue weighted by Crippen LogP contribution is -2.41. The van der Waals surface area contributed by atoms with E-state index >= 15 is 0 Å². The Kier molecular flexibility index (Phi) is 8.06. The molecule has 1 amide bonds. The molecule has 3 aromatic carbocycles. The average molecular weight is 471 g/mol. The normalized spacial score (nSPS) is 11.1. The maximum Gasteiger partial charge on any atom is 0.264 e. The number of nitrogens with one attached hydrogen (secondary N) is 1. The molecule has 3 rings (SSSR count). The van der Waals surface area contributed by atoms with E-state index < -0.39 is 28.3 Å². The number of ether oxygens (including phenoxy) is 1. The summed E-state index contributed by atoms with van der Waals surface area (Å²) in [4.78, 5) is 12.7. The number of benzene rings is 3. The van der Waals surface area contributed by atoms with E-state index in [0.717, 1.165) is 27.6 Å². The molecule has 0 aliphatic heterocycles. The summed E-state index contributed by atoms with van der Waals surface area (Å²) in [6.07, 6.45) is 1.42. The second-order valence-corrected chi connectivity index (χ2v) is 9.47. The summed E-state index contributed by atoms with van der Waals surface area (Å²) in [6.45, 7) is 1.83. The maximum atomic E-state index is 13.4. The van der Waals surface area contributed by atoms with Crippen LogP contribution in [-0.4, -0.2) is 34.5 Å². The molecule has 0 aliphatic carbocycles. The molecular formula is C25H27FN2O4S. The molecular weight excluding hydrogens is 443 g/mol. The van der Waals surface area contributed by atoms with Gasteiger partial charge in [0.15, 0.2) is 0 Å². The van der Waals surface area contributed by atoms with Crippen LogP contribution in [0.15, 0.2) is 77.7 Å². The molecule has 0 bridgehead atoms. The predicted molar refractivity (Wildman–Crippen MR) is 126 cm³/mol. The summed E-state index contributed by atoms with van der Waals surface area (Å²) < 4.78 is 46.2. The molecule has 3 aromatic rings. The van der Waals surface area contributed by atoms with Gasteiger partial charge in [-0.25, -0.2) is 12.8 Å². The lowest BCUT2D eigenvalue weighted by Gasteiger charge is -2.24. The van der Waals surface area contributed by atoms with Crippen LogP contribution < -0.4 is 14.4 Å². The molecule has 1 N–H and O–H groups in total. The summed E-state index contributed by atoms with van der Waals surface area (Å²) in [5.41, 5.74) is 2.21. The van der Waals surface area contributed by atoms with Crippen LogP contribution in [0.5, 0.6) is 5.75 Å². The SMILES string of the molecule is COc1cccc(CCCNC(=O)CN(c2ccc(F)cc2)S(=O)(=O)c2ccc(C)cc2)c1. The standard InChI is InChI=1S/C25H27FN2O4S/c1-19-8-14-24(15-9-19)33(30,31)28(22-12-10-21(26)11-13-22)18-25(29)27-16-4-6-20-5-3-7-23(17-20)32-2/h3,5,7-15,17H,4,6,16,18H2,1-2H3,(H,27,29). The van der Waals surface area contributed by atoms with Crippen LogP contribution in [0.1, 0.15) is 17.5 Å². The van der Waals surface area contributed by atoms with Gasteiger partial charge in [0, 0.05) is 6.54 Å². The number of sulfonamides is 1. The lowest BCUT2D eigenvalue weighted by atomic mass is 10.1. The van der Waals surface area contributed by atoms with E-state index in [9.17, 15) is 17.6 Å². The van der Waals surface area contributed by atoms with Gasteiger partial charge in [0.05, 0.1) is 17.7 Å². The van der Waals surface area contributed by atoms with Crippen molar-refractivity contribution in [2.75, 3.05) is 24.5 Å². The number of carbonyl (C=O) groups is 1. The maximum absolute atomic E-state index is 13.4.